The van der Waals surface area contributed by atoms with E-state index in [0.29, 0.717) is 37.4 Å². The lowest BCUT2D eigenvalue weighted by molar-refractivity contribution is 0.0601. The largest absolute Gasteiger partial charge is 0.497 e. The molecule has 3 aromatic heterocycles. The van der Waals surface area contributed by atoms with Gasteiger partial charge in [-0.1, -0.05) is 17.7 Å². The van der Waals surface area contributed by atoms with E-state index >= 15 is 0 Å². The Bertz CT molecular complexity index is 1720. The Labute approximate surface area is 201 Å². The maximum Gasteiger partial charge on any atom is 0.340 e. The molecule has 170 valence electrons. The van der Waals surface area contributed by atoms with Crippen molar-refractivity contribution in [3.05, 3.63) is 91.7 Å². The zero-order valence-electron chi connectivity index (χ0n) is 17.9. The Morgan fingerprint density at radius 3 is 2.59 bits per heavy atom. The molecule has 0 bridgehead atoms. The molecule has 5 rings (SSSR count). The minimum atomic E-state index is -0.635. The number of thiophene rings is 1. The van der Waals surface area contributed by atoms with E-state index in [0.717, 1.165) is 4.57 Å². The van der Waals surface area contributed by atoms with Crippen molar-refractivity contribution >= 4 is 49.9 Å². The molecule has 3 heterocycles. The summed E-state index contributed by atoms with van der Waals surface area (Å²) in [5.41, 5.74) is 0.179. The van der Waals surface area contributed by atoms with Gasteiger partial charge in [0.1, 0.15) is 10.4 Å². The monoisotopic (exact) mass is 493 g/mol. The number of ether oxygens (including phenoxy) is 2. The summed E-state index contributed by atoms with van der Waals surface area (Å²) in [4.78, 5) is 43.7. The summed E-state index contributed by atoms with van der Waals surface area (Å²) >= 11 is 7.68. The van der Waals surface area contributed by atoms with Gasteiger partial charge in [-0.25, -0.2) is 14.2 Å². The highest BCUT2D eigenvalue weighted by Gasteiger charge is 2.21. The molecule has 34 heavy (non-hydrogen) atoms. The number of carbonyl (C=O) groups is 1. The molecule has 0 N–H and O–H groups in total. The van der Waals surface area contributed by atoms with Crippen LogP contribution in [0.2, 0.25) is 5.02 Å². The first-order chi connectivity index (χ1) is 16.4. The Kier molecular flexibility index (Phi) is 5.43. The Hall–Kier alpha value is -3.95. The number of rotatable bonds is 4. The molecular weight excluding hydrogens is 478 g/mol. The molecular formula is C24H16ClN3O5S. The number of benzene rings is 2. The van der Waals surface area contributed by atoms with Crippen molar-refractivity contribution in [2.24, 2.45) is 0 Å². The number of hydrogen-bond donors (Lipinski definition) is 0. The van der Waals surface area contributed by atoms with Crippen LogP contribution in [-0.2, 0) is 4.74 Å². The molecule has 5 aromatic rings. The van der Waals surface area contributed by atoms with Crippen molar-refractivity contribution in [1.29, 1.82) is 0 Å². The second kappa shape index (κ2) is 8.44. The molecule has 0 amide bonds. The van der Waals surface area contributed by atoms with E-state index in [1.807, 2.05) is 0 Å². The van der Waals surface area contributed by atoms with E-state index in [1.54, 1.807) is 54.0 Å². The van der Waals surface area contributed by atoms with Gasteiger partial charge in [0.2, 0.25) is 0 Å². The van der Waals surface area contributed by atoms with E-state index in [4.69, 9.17) is 21.1 Å². The van der Waals surface area contributed by atoms with Crippen molar-refractivity contribution in [1.82, 2.24) is 14.1 Å². The van der Waals surface area contributed by atoms with Crippen molar-refractivity contribution in [3.8, 4) is 17.1 Å². The molecule has 0 spiro atoms. The Morgan fingerprint density at radius 2 is 1.82 bits per heavy atom. The van der Waals surface area contributed by atoms with Crippen molar-refractivity contribution in [2.45, 2.75) is 0 Å². The Balaban J connectivity index is 1.91. The van der Waals surface area contributed by atoms with Crippen LogP contribution in [0, 0.1) is 0 Å². The first-order valence-electron chi connectivity index (χ1n) is 10.00. The molecule has 0 fully saturated rings. The van der Waals surface area contributed by atoms with Gasteiger partial charge in [-0.05, 0) is 35.7 Å². The van der Waals surface area contributed by atoms with Crippen LogP contribution < -0.4 is 16.0 Å². The average Bonchev–Trinajstić information content (AvgIpc) is 3.34. The minimum absolute atomic E-state index is 0.237. The fourth-order valence-electron chi connectivity index (χ4n) is 3.84. The van der Waals surface area contributed by atoms with E-state index in [-0.39, 0.29) is 11.3 Å². The first kappa shape index (κ1) is 21.9. The van der Waals surface area contributed by atoms with Crippen LogP contribution in [0.15, 0.2) is 69.8 Å². The number of pyridine rings is 1. The van der Waals surface area contributed by atoms with Crippen LogP contribution in [0.3, 0.4) is 0 Å². The number of fused-ring (bicyclic) bond motifs is 2. The van der Waals surface area contributed by atoms with Crippen molar-refractivity contribution in [2.75, 3.05) is 14.2 Å². The lowest BCUT2D eigenvalue weighted by Gasteiger charge is -2.15. The van der Waals surface area contributed by atoms with Gasteiger partial charge in [0.25, 0.3) is 5.56 Å². The zero-order valence-corrected chi connectivity index (χ0v) is 19.5. The number of aromatic nitrogens is 3. The smallest absolute Gasteiger partial charge is 0.340 e. The lowest BCUT2D eigenvalue weighted by Crippen LogP contribution is -2.38. The van der Waals surface area contributed by atoms with E-state index < -0.39 is 17.2 Å². The van der Waals surface area contributed by atoms with Gasteiger partial charge in [0, 0.05) is 23.0 Å². The third-order valence-electron chi connectivity index (χ3n) is 5.46. The van der Waals surface area contributed by atoms with Gasteiger partial charge in [0.05, 0.1) is 47.9 Å². The van der Waals surface area contributed by atoms with Crippen LogP contribution in [0.25, 0.3) is 32.4 Å². The highest BCUT2D eigenvalue weighted by molar-refractivity contribution is 7.17. The van der Waals surface area contributed by atoms with Crippen molar-refractivity contribution in [3.63, 3.8) is 0 Å². The zero-order chi connectivity index (χ0) is 24.0. The third-order valence-corrected chi connectivity index (χ3v) is 6.67. The SMILES string of the molecule is COC(=O)c1ccc2cncc(-n3c(=O)c4sccc4n(-c4cc(OC)ccc4Cl)c3=O)c2c1. The molecule has 0 saturated heterocycles. The molecule has 2 aromatic carbocycles. The van der Waals surface area contributed by atoms with Crippen LogP contribution in [0.1, 0.15) is 10.4 Å². The number of methoxy groups -OCH3 is 2. The fourth-order valence-corrected chi connectivity index (χ4v) is 4.84. The predicted molar refractivity (Wildman–Crippen MR) is 131 cm³/mol. The first-order valence-corrected chi connectivity index (χ1v) is 11.3. The third kappa shape index (κ3) is 3.37. The standard InChI is InChI=1S/C24H16ClN3O5S/c1-32-15-5-6-17(25)19(10-15)27-18-7-8-34-21(18)22(29)28(24(27)31)20-12-26-11-14-4-3-13(9-16(14)20)23(30)33-2/h3-12H,1-2H3. The lowest BCUT2D eigenvalue weighted by atomic mass is 10.1. The highest BCUT2D eigenvalue weighted by Crippen LogP contribution is 2.29. The summed E-state index contributed by atoms with van der Waals surface area (Å²) in [6.07, 6.45) is 3.01. The van der Waals surface area contributed by atoms with Gasteiger partial charge < -0.3 is 9.47 Å². The number of hydrogen-bond acceptors (Lipinski definition) is 7. The summed E-state index contributed by atoms with van der Waals surface area (Å²) in [6, 6.07) is 11.5. The van der Waals surface area contributed by atoms with Gasteiger partial charge in [-0.3, -0.25) is 14.3 Å². The number of halogens is 1. The Morgan fingerprint density at radius 1 is 1.00 bits per heavy atom. The van der Waals surface area contributed by atoms with Gasteiger partial charge in [-0.2, -0.15) is 0 Å². The predicted octanol–water partition coefficient (Wildman–Crippen LogP) is 4.20. The van der Waals surface area contributed by atoms with Crippen LogP contribution in [0.4, 0.5) is 0 Å². The molecule has 0 aliphatic carbocycles. The quantitative estimate of drug-likeness (QED) is 0.348. The van der Waals surface area contributed by atoms with Gasteiger partial charge in [-0.15, -0.1) is 11.3 Å². The summed E-state index contributed by atoms with van der Waals surface area (Å²) in [6.45, 7) is 0. The number of nitrogens with zero attached hydrogens (tertiary/aromatic N) is 3. The second-order valence-corrected chi connectivity index (χ2v) is 8.62. The fraction of sp³-hybridized carbons (Fsp3) is 0.0833. The van der Waals surface area contributed by atoms with Gasteiger partial charge >= 0.3 is 11.7 Å². The van der Waals surface area contributed by atoms with E-state index in [2.05, 4.69) is 4.98 Å². The maximum atomic E-state index is 13.9. The maximum absolute atomic E-state index is 13.9. The van der Waals surface area contributed by atoms with E-state index in [1.165, 1.54) is 36.3 Å². The molecule has 8 nitrogen and oxygen atoms in total. The highest BCUT2D eigenvalue weighted by atomic mass is 35.5. The molecule has 0 aliphatic rings. The number of carbonyl (C=O) groups excluding carboxylic acids is 1. The molecule has 10 heteroatoms. The molecule has 0 unspecified atom stereocenters. The topological polar surface area (TPSA) is 92.4 Å². The van der Waals surface area contributed by atoms with Gasteiger partial charge in [0.15, 0.2) is 0 Å². The molecule has 0 atom stereocenters. The van der Waals surface area contributed by atoms with Crippen LogP contribution >= 0.6 is 22.9 Å². The van der Waals surface area contributed by atoms with Crippen molar-refractivity contribution < 1.29 is 14.3 Å². The normalized spacial score (nSPS) is 11.1. The minimum Gasteiger partial charge on any atom is -0.497 e. The average molecular weight is 494 g/mol. The summed E-state index contributed by atoms with van der Waals surface area (Å²) in [5.74, 6) is -0.0340. The molecule has 0 radical (unpaired) electrons. The summed E-state index contributed by atoms with van der Waals surface area (Å²) in [5, 5.41) is 3.19. The second-order valence-electron chi connectivity index (χ2n) is 7.30. The van der Waals surface area contributed by atoms with E-state index in [9.17, 15) is 14.4 Å². The summed E-state index contributed by atoms with van der Waals surface area (Å²) < 4.78 is 12.9. The molecule has 0 saturated carbocycles. The summed E-state index contributed by atoms with van der Waals surface area (Å²) in [7, 11) is 2.79. The van der Waals surface area contributed by atoms with Crippen LogP contribution in [-0.4, -0.2) is 34.3 Å². The molecule has 0 aliphatic heterocycles. The van der Waals surface area contributed by atoms with Crippen LogP contribution in [0.5, 0.6) is 5.75 Å². The number of esters is 1.